The van der Waals surface area contributed by atoms with Crippen LogP contribution >= 0.6 is 34.8 Å². The van der Waals surface area contributed by atoms with Gasteiger partial charge in [0.05, 0.1) is 0 Å². The molecule has 0 bridgehead atoms. The summed E-state index contributed by atoms with van der Waals surface area (Å²) in [6.45, 7) is 0.134. The summed E-state index contributed by atoms with van der Waals surface area (Å²) < 4.78 is 0. The van der Waals surface area contributed by atoms with E-state index in [4.69, 9.17) is 39.9 Å². The van der Waals surface area contributed by atoms with Crippen molar-refractivity contribution in [1.82, 2.24) is 0 Å². The first-order valence-electron chi connectivity index (χ1n) is 3.89. The van der Waals surface area contributed by atoms with E-state index >= 15 is 0 Å². The van der Waals surface area contributed by atoms with Crippen molar-refractivity contribution in [2.45, 2.75) is 12.8 Å². The van der Waals surface area contributed by atoms with E-state index in [0.717, 1.165) is 5.56 Å². The molecule has 0 aliphatic heterocycles. The average molecular weight is 240 g/mol. The summed E-state index contributed by atoms with van der Waals surface area (Å²) in [5, 5.41) is 10.3. The summed E-state index contributed by atoms with van der Waals surface area (Å²) in [4.78, 5) is 0. The molecule has 13 heavy (non-hydrogen) atoms. The second-order valence-electron chi connectivity index (χ2n) is 2.68. The summed E-state index contributed by atoms with van der Waals surface area (Å²) in [6.07, 6.45) is 1.33. The zero-order chi connectivity index (χ0) is 9.84. The monoisotopic (exact) mass is 238 g/mol. The topological polar surface area (TPSA) is 20.2 Å². The summed E-state index contributed by atoms with van der Waals surface area (Å²) in [5.74, 6) is 0. The summed E-state index contributed by atoms with van der Waals surface area (Å²) >= 11 is 17.6. The SMILES string of the molecule is OCCCc1c(Cl)cc(Cl)cc1Cl. The van der Waals surface area contributed by atoms with Crippen LogP contribution in [0.2, 0.25) is 15.1 Å². The molecule has 4 heteroatoms. The zero-order valence-electron chi connectivity index (χ0n) is 6.86. The fourth-order valence-corrected chi connectivity index (χ4v) is 2.07. The van der Waals surface area contributed by atoms with Gasteiger partial charge in [-0.25, -0.2) is 0 Å². The minimum atomic E-state index is 0.134. The Hall–Kier alpha value is 0.0500. The van der Waals surface area contributed by atoms with Crippen molar-refractivity contribution in [3.63, 3.8) is 0 Å². The summed E-state index contributed by atoms with van der Waals surface area (Å²) in [6, 6.07) is 3.31. The van der Waals surface area contributed by atoms with Gasteiger partial charge in [-0.3, -0.25) is 0 Å². The Morgan fingerprint density at radius 1 is 1.08 bits per heavy atom. The molecule has 0 amide bonds. The highest BCUT2D eigenvalue weighted by Gasteiger charge is 2.06. The van der Waals surface area contributed by atoms with Crippen LogP contribution in [-0.4, -0.2) is 11.7 Å². The third kappa shape index (κ3) is 3.03. The Balaban J connectivity index is 2.92. The zero-order valence-corrected chi connectivity index (χ0v) is 9.12. The molecule has 0 saturated carbocycles. The lowest BCUT2D eigenvalue weighted by molar-refractivity contribution is 0.288. The first-order chi connectivity index (χ1) is 6.15. The molecule has 0 aliphatic rings. The lowest BCUT2D eigenvalue weighted by Gasteiger charge is -2.06. The van der Waals surface area contributed by atoms with E-state index < -0.39 is 0 Å². The van der Waals surface area contributed by atoms with E-state index in [1.54, 1.807) is 12.1 Å². The molecule has 72 valence electrons. The van der Waals surface area contributed by atoms with Gasteiger partial charge in [-0.1, -0.05) is 34.8 Å². The van der Waals surface area contributed by atoms with Crippen LogP contribution in [0, 0.1) is 0 Å². The number of aliphatic hydroxyl groups excluding tert-OH is 1. The molecule has 1 rings (SSSR count). The fourth-order valence-electron chi connectivity index (χ4n) is 1.07. The molecule has 1 N–H and O–H groups in total. The van der Waals surface area contributed by atoms with Gasteiger partial charge in [0.15, 0.2) is 0 Å². The van der Waals surface area contributed by atoms with Crippen molar-refractivity contribution >= 4 is 34.8 Å². The van der Waals surface area contributed by atoms with Gasteiger partial charge in [0.25, 0.3) is 0 Å². The van der Waals surface area contributed by atoms with Crippen LogP contribution in [-0.2, 0) is 6.42 Å². The Morgan fingerprint density at radius 2 is 1.62 bits per heavy atom. The van der Waals surface area contributed by atoms with E-state index in [1.165, 1.54) is 0 Å². The number of hydrogen-bond acceptors (Lipinski definition) is 1. The molecule has 0 unspecified atom stereocenters. The van der Waals surface area contributed by atoms with Gasteiger partial charge < -0.3 is 5.11 Å². The summed E-state index contributed by atoms with van der Waals surface area (Å²) in [7, 11) is 0. The molecular weight excluding hydrogens is 230 g/mol. The molecule has 0 aromatic heterocycles. The van der Waals surface area contributed by atoms with Gasteiger partial charge in [-0.05, 0) is 30.5 Å². The van der Waals surface area contributed by atoms with Crippen LogP contribution in [0.4, 0.5) is 0 Å². The standard InChI is InChI=1S/C9H9Cl3O/c10-6-4-8(11)7(2-1-3-13)9(12)5-6/h4-5,13H,1-3H2. The van der Waals surface area contributed by atoms with Crippen LogP contribution in [0.3, 0.4) is 0 Å². The lowest BCUT2D eigenvalue weighted by Crippen LogP contribution is -1.91. The molecule has 0 spiro atoms. The van der Waals surface area contributed by atoms with Gasteiger partial charge in [0.1, 0.15) is 0 Å². The smallest absolute Gasteiger partial charge is 0.0467 e. The van der Waals surface area contributed by atoms with Crippen molar-refractivity contribution in [3.05, 3.63) is 32.8 Å². The van der Waals surface area contributed by atoms with Crippen molar-refractivity contribution in [3.8, 4) is 0 Å². The highest BCUT2D eigenvalue weighted by Crippen LogP contribution is 2.29. The van der Waals surface area contributed by atoms with Crippen molar-refractivity contribution < 1.29 is 5.11 Å². The molecule has 1 aromatic carbocycles. The van der Waals surface area contributed by atoms with Crippen molar-refractivity contribution in [1.29, 1.82) is 0 Å². The van der Waals surface area contributed by atoms with E-state index in [-0.39, 0.29) is 6.61 Å². The number of benzene rings is 1. The average Bonchev–Trinajstić information content (AvgIpc) is 2.02. The third-order valence-electron chi connectivity index (χ3n) is 1.69. The molecule has 0 heterocycles. The maximum Gasteiger partial charge on any atom is 0.0467 e. The Bertz CT molecular complexity index is 276. The lowest BCUT2D eigenvalue weighted by atomic mass is 10.1. The summed E-state index contributed by atoms with van der Waals surface area (Å²) in [5.41, 5.74) is 0.849. The molecule has 0 atom stereocenters. The molecule has 0 radical (unpaired) electrons. The quantitative estimate of drug-likeness (QED) is 0.855. The highest BCUT2D eigenvalue weighted by molar-refractivity contribution is 6.39. The second kappa shape index (κ2) is 5.06. The minimum Gasteiger partial charge on any atom is -0.396 e. The van der Waals surface area contributed by atoms with Crippen LogP contribution < -0.4 is 0 Å². The third-order valence-corrected chi connectivity index (χ3v) is 2.58. The number of hydrogen-bond donors (Lipinski definition) is 1. The Morgan fingerprint density at radius 3 is 2.08 bits per heavy atom. The van der Waals surface area contributed by atoms with Crippen molar-refractivity contribution in [2.24, 2.45) is 0 Å². The van der Waals surface area contributed by atoms with Crippen molar-refractivity contribution in [2.75, 3.05) is 6.61 Å². The second-order valence-corrected chi connectivity index (χ2v) is 3.93. The van der Waals surface area contributed by atoms with E-state index in [9.17, 15) is 0 Å². The molecule has 1 nitrogen and oxygen atoms in total. The Kier molecular flexibility index (Phi) is 4.33. The molecule has 0 aliphatic carbocycles. The van der Waals surface area contributed by atoms with Crippen LogP contribution in [0.25, 0.3) is 0 Å². The maximum absolute atomic E-state index is 8.65. The van der Waals surface area contributed by atoms with Crippen LogP contribution in [0.15, 0.2) is 12.1 Å². The highest BCUT2D eigenvalue weighted by atomic mass is 35.5. The first-order valence-corrected chi connectivity index (χ1v) is 5.03. The van der Waals surface area contributed by atoms with Crippen LogP contribution in [0.1, 0.15) is 12.0 Å². The number of rotatable bonds is 3. The predicted molar refractivity (Wildman–Crippen MR) is 56.9 cm³/mol. The molecule has 0 saturated heterocycles. The van der Waals surface area contributed by atoms with E-state index in [0.29, 0.717) is 27.9 Å². The minimum absolute atomic E-state index is 0.134. The van der Waals surface area contributed by atoms with Gasteiger partial charge in [-0.15, -0.1) is 0 Å². The van der Waals surface area contributed by atoms with Gasteiger partial charge >= 0.3 is 0 Å². The maximum atomic E-state index is 8.65. The predicted octanol–water partition coefficient (Wildman–Crippen LogP) is 3.57. The Labute approximate surface area is 92.2 Å². The fraction of sp³-hybridized carbons (Fsp3) is 0.333. The van der Waals surface area contributed by atoms with E-state index in [2.05, 4.69) is 0 Å². The number of aliphatic hydroxyl groups is 1. The van der Waals surface area contributed by atoms with E-state index in [1.807, 2.05) is 0 Å². The normalized spacial score (nSPS) is 10.5. The molecule has 1 aromatic rings. The largest absolute Gasteiger partial charge is 0.396 e. The van der Waals surface area contributed by atoms with Gasteiger partial charge in [0.2, 0.25) is 0 Å². The number of halogens is 3. The van der Waals surface area contributed by atoms with Gasteiger partial charge in [-0.2, -0.15) is 0 Å². The van der Waals surface area contributed by atoms with Gasteiger partial charge in [0, 0.05) is 21.7 Å². The van der Waals surface area contributed by atoms with Crippen LogP contribution in [0.5, 0.6) is 0 Å². The molecular formula is C9H9Cl3O. The molecule has 0 fully saturated rings. The first kappa shape index (κ1) is 11.1.